The average molecular weight is 758 g/mol. The second-order valence-electron chi connectivity index (χ2n) is 15.2. The quantitative estimate of drug-likeness (QED) is 0.169. The molecule has 0 saturated carbocycles. The van der Waals surface area contributed by atoms with Gasteiger partial charge in [0.15, 0.2) is 23.0 Å². The molecule has 278 valence electrons. The van der Waals surface area contributed by atoms with Crippen molar-refractivity contribution in [2.24, 2.45) is 0 Å². The minimum atomic E-state index is -0.527. The molecule has 2 heterocycles. The predicted octanol–water partition coefficient (Wildman–Crippen LogP) is 15.0. The van der Waals surface area contributed by atoms with Crippen LogP contribution in [0, 0.1) is 0 Å². The molecule has 0 fully saturated rings. The second kappa shape index (κ2) is 13.1. The van der Waals surface area contributed by atoms with Gasteiger partial charge in [-0.15, -0.1) is 0 Å². The number of rotatable bonds is 6. The highest BCUT2D eigenvalue weighted by atomic mass is 16.6. The molecule has 1 aliphatic carbocycles. The summed E-state index contributed by atoms with van der Waals surface area (Å²) in [6, 6.07) is 74.5. The van der Waals surface area contributed by atoms with Gasteiger partial charge < -0.3 is 18.8 Å². The Morgan fingerprint density at radius 3 is 1.78 bits per heavy atom. The molecule has 0 N–H and O–H groups in total. The second-order valence-corrected chi connectivity index (χ2v) is 15.2. The molecule has 1 aromatic heterocycles. The van der Waals surface area contributed by atoms with E-state index >= 15 is 0 Å². The van der Waals surface area contributed by atoms with E-state index in [1.54, 1.807) is 0 Å². The van der Waals surface area contributed by atoms with Crippen LogP contribution in [0.4, 0.5) is 17.1 Å². The van der Waals surface area contributed by atoms with Crippen molar-refractivity contribution in [3.63, 3.8) is 0 Å². The molecule has 0 radical (unpaired) electrons. The Morgan fingerprint density at radius 1 is 0.390 bits per heavy atom. The summed E-state index contributed by atoms with van der Waals surface area (Å²) in [5.41, 5.74) is 13.4. The SMILES string of the molecule is c1ccc(N(c2ccc(-c3cccc4c3oc3ccccc34)cc2)c2ccc3c(c2)Oc2ccc4c(c2O3)-c2ccccc2C4(c2ccccc2)c2ccccc2)cc1. The zero-order valence-corrected chi connectivity index (χ0v) is 31.9. The summed E-state index contributed by atoms with van der Waals surface area (Å²) in [5.74, 6) is 2.76. The van der Waals surface area contributed by atoms with Gasteiger partial charge in [-0.1, -0.05) is 158 Å². The molecule has 0 spiro atoms. The van der Waals surface area contributed by atoms with Crippen LogP contribution in [0.5, 0.6) is 23.0 Å². The maximum Gasteiger partial charge on any atom is 0.178 e. The van der Waals surface area contributed by atoms with Gasteiger partial charge in [0.1, 0.15) is 11.2 Å². The Balaban J connectivity index is 0.945. The number of furan rings is 1. The van der Waals surface area contributed by atoms with Crippen molar-refractivity contribution in [3.05, 3.63) is 235 Å². The summed E-state index contributed by atoms with van der Waals surface area (Å²) in [4.78, 5) is 2.25. The van der Waals surface area contributed by atoms with Crippen LogP contribution in [0.1, 0.15) is 22.3 Å². The molecule has 0 atom stereocenters. The van der Waals surface area contributed by atoms with Crippen molar-refractivity contribution in [3.8, 4) is 45.3 Å². The van der Waals surface area contributed by atoms with E-state index in [2.05, 4.69) is 193 Å². The fraction of sp³-hybridized carbons (Fsp3) is 0.0182. The summed E-state index contributed by atoms with van der Waals surface area (Å²) in [6.07, 6.45) is 0. The molecule has 0 saturated heterocycles. The molecule has 2 aliphatic rings. The number of fused-ring (bicyclic) bond motifs is 9. The Labute approximate surface area is 341 Å². The first-order chi connectivity index (χ1) is 29.3. The van der Waals surface area contributed by atoms with Gasteiger partial charge in [-0.2, -0.15) is 0 Å². The third-order valence-electron chi connectivity index (χ3n) is 12.0. The first kappa shape index (κ1) is 33.3. The van der Waals surface area contributed by atoms with Crippen molar-refractivity contribution in [1.29, 1.82) is 0 Å². The summed E-state index contributed by atoms with van der Waals surface area (Å²) < 4.78 is 20.2. The van der Waals surface area contributed by atoms with E-state index < -0.39 is 5.41 Å². The van der Waals surface area contributed by atoms with Gasteiger partial charge in [0.25, 0.3) is 0 Å². The molecular weight excluding hydrogens is 723 g/mol. The van der Waals surface area contributed by atoms with E-state index in [1.807, 2.05) is 24.3 Å². The zero-order chi connectivity index (χ0) is 38.9. The third kappa shape index (κ3) is 5.03. The highest BCUT2D eigenvalue weighted by Crippen LogP contribution is 2.62. The lowest BCUT2D eigenvalue weighted by atomic mass is 9.68. The van der Waals surface area contributed by atoms with Gasteiger partial charge in [0.05, 0.1) is 11.1 Å². The van der Waals surface area contributed by atoms with Crippen molar-refractivity contribution in [2.45, 2.75) is 5.41 Å². The van der Waals surface area contributed by atoms with Gasteiger partial charge in [-0.3, -0.25) is 0 Å². The maximum absolute atomic E-state index is 6.96. The minimum absolute atomic E-state index is 0.527. The highest BCUT2D eigenvalue weighted by Gasteiger charge is 2.48. The van der Waals surface area contributed by atoms with Crippen LogP contribution in [0.15, 0.2) is 217 Å². The fourth-order valence-corrected chi connectivity index (χ4v) is 9.48. The van der Waals surface area contributed by atoms with Crippen LogP contribution >= 0.6 is 0 Å². The number of anilines is 3. The molecule has 0 amide bonds. The van der Waals surface area contributed by atoms with Crippen LogP contribution in [-0.4, -0.2) is 0 Å². The molecule has 0 unspecified atom stereocenters. The van der Waals surface area contributed by atoms with Crippen LogP contribution in [0.25, 0.3) is 44.2 Å². The van der Waals surface area contributed by atoms with E-state index in [4.69, 9.17) is 13.9 Å². The van der Waals surface area contributed by atoms with E-state index in [0.717, 1.165) is 67.0 Å². The van der Waals surface area contributed by atoms with E-state index in [9.17, 15) is 0 Å². The number of para-hydroxylation sites is 3. The molecule has 1 aliphatic heterocycles. The van der Waals surface area contributed by atoms with E-state index in [-0.39, 0.29) is 0 Å². The van der Waals surface area contributed by atoms with Crippen molar-refractivity contribution >= 4 is 39.0 Å². The van der Waals surface area contributed by atoms with Crippen LogP contribution in [-0.2, 0) is 5.41 Å². The van der Waals surface area contributed by atoms with Crippen molar-refractivity contribution < 1.29 is 13.9 Å². The number of hydrogen-bond donors (Lipinski definition) is 0. The van der Waals surface area contributed by atoms with Gasteiger partial charge in [-0.25, -0.2) is 0 Å². The third-order valence-corrected chi connectivity index (χ3v) is 12.0. The lowest BCUT2D eigenvalue weighted by molar-refractivity contribution is 0.360. The summed E-state index contributed by atoms with van der Waals surface area (Å²) in [6.45, 7) is 0. The molecule has 4 heteroatoms. The normalized spacial score (nSPS) is 13.2. The summed E-state index contributed by atoms with van der Waals surface area (Å²) >= 11 is 0. The Kier molecular flexibility index (Phi) is 7.41. The lowest BCUT2D eigenvalue weighted by Crippen LogP contribution is -2.28. The molecule has 10 aromatic rings. The fourth-order valence-electron chi connectivity index (χ4n) is 9.48. The monoisotopic (exact) mass is 757 g/mol. The molecular formula is C55H35NO3. The van der Waals surface area contributed by atoms with E-state index in [0.29, 0.717) is 17.2 Å². The largest absolute Gasteiger partial charge is 0.455 e. The maximum atomic E-state index is 6.96. The lowest BCUT2D eigenvalue weighted by Gasteiger charge is -2.34. The summed E-state index contributed by atoms with van der Waals surface area (Å²) in [5, 5.41) is 2.24. The number of hydrogen-bond acceptors (Lipinski definition) is 4. The van der Waals surface area contributed by atoms with Gasteiger partial charge >= 0.3 is 0 Å². The van der Waals surface area contributed by atoms with Crippen LogP contribution < -0.4 is 14.4 Å². The van der Waals surface area contributed by atoms with Crippen LogP contribution in [0.2, 0.25) is 0 Å². The molecule has 4 nitrogen and oxygen atoms in total. The topological polar surface area (TPSA) is 34.8 Å². The first-order valence-corrected chi connectivity index (χ1v) is 20.0. The standard InChI is InChI=1S/C55H35NO3/c1-4-15-37(16-5-1)55(38-17-6-2-7-18-38)46-25-12-10-22-45(46)52-47(55)32-34-50-54(52)59-49-33-31-41(35-51(49)57-50)56(39-19-8-3-9-20-39)40-29-27-36(28-30-40)42-23-14-24-44-43-21-11-13-26-48(43)58-53(42)44/h1-35H. The summed E-state index contributed by atoms with van der Waals surface area (Å²) in [7, 11) is 0. The van der Waals surface area contributed by atoms with Gasteiger partial charge in [-0.05, 0) is 81.9 Å². The van der Waals surface area contributed by atoms with Crippen molar-refractivity contribution in [1.82, 2.24) is 0 Å². The van der Waals surface area contributed by atoms with Gasteiger partial charge in [0, 0.05) is 39.3 Å². The minimum Gasteiger partial charge on any atom is -0.455 e. The molecule has 59 heavy (non-hydrogen) atoms. The molecule has 0 bridgehead atoms. The number of nitrogens with zero attached hydrogens (tertiary/aromatic N) is 1. The van der Waals surface area contributed by atoms with Crippen molar-refractivity contribution in [2.75, 3.05) is 4.90 Å². The number of ether oxygens (including phenoxy) is 2. The van der Waals surface area contributed by atoms with Crippen LogP contribution in [0.3, 0.4) is 0 Å². The van der Waals surface area contributed by atoms with E-state index in [1.165, 1.54) is 22.3 Å². The first-order valence-electron chi connectivity index (χ1n) is 20.0. The predicted molar refractivity (Wildman–Crippen MR) is 238 cm³/mol. The smallest absolute Gasteiger partial charge is 0.178 e. The average Bonchev–Trinajstić information content (AvgIpc) is 3.84. The Bertz CT molecular complexity index is 3170. The molecule has 9 aromatic carbocycles. The Hall–Kier alpha value is -7.82. The molecule has 12 rings (SSSR count). The van der Waals surface area contributed by atoms with Gasteiger partial charge in [0.2, 0.25) is 0 Å². The Morgan fingerprint density at radius 2 is 1.00 bits per heavy atom. The number of benzene rings is 9. The zero-order valence-electron chi connectivity index (χ0n) is 31.9. The highest BCUT2D eigenvalue weighted by molar-refractivity contribution is 6.09.